The average Bonchev–Trinajstić information content (AvgIpc) is 2.37. The standard InChI is InChI=1S/C13H7F4NO2/c14-10-5-7(1-3-9(10)13(15,16)17)8-2-4-11(12(19)20)18-6-8/h1-6H,(H,19,20). The zero-order chi connectivity index (χ0) is 14.9. The van der Waals surface area contributed by atoms with E-state index in [4.69, 9.17) is 5.11 Å². The van der Waals surface area contributed by atoms with Crippen molar-refractivity contribution in [3.05, 3.63) is 53.6 Å². The van der Waals surface area contributed by atoms with Crippen molar-refractivity contribution in [1.29, 1.82) is 0 Å². The summed E-state index contributed by atoms with van der Waals surface area (Å²) in [5, 5.41) is 8.67. The Bertz CT molecular complexity index is 650. The van der Waals surface area contributed by atoms with E-state index in [0.29, 0.717) is 11.6 Å². The minimum absolute atomic E-state index is 0.180. The molecule has 7 heteroatoms. The molecule has 1 heterocycles. The lowest BCUT2D eigenvalue weighted by Gasteiger charge is -2.09. The van der Waals surface area contributed by atoms with Gasteiger partial charge in [0.1, 0.15) is 11.5 Å². The maximum Gasteiger partial charge on any atom is 0.419 e. The highest BCUT2D eigenvalue weighted by Crippen LogP contribution is 2.33. The summed E-state index contributed by atoms with van der Waals surface area (Å²) in [5.41, 5.74) is -1.06. The van der Waals surface area contributed by atoms with E-state index in [1.807, 2.05) is 0 Å². The van der Waals surface area contributed by atoms with E-state index in [1.54, 1.807) is 0 Å². The highest BCUT2D eigenvalue weighted by Gasteiger charge is 2.33. The Morgan fingerprint density at radius 2 is 1.75 bits per heavy atom. The normalized spacial score (nSPS) is 11.4. The maximum absolute atomic E-state index is 13.4. The molecule has 0 bridgehead atoms. The summed E-state index contributed by atoms with van der Waals surface area (Å²) in [6, 6.07) is 5.01. The Hall–Kier alpha value is -2.44. The molecule has 0 saturated carbocycles. The number of rotatable bonds is 2. The van der Waals surface area contributed by atoms with Gasteiger partial charge in [-0.3, -0.25) is 0 Å². The van der Waals surface area contributed by atoms with Crippen molar-refractivity contribution in [3.63, 3.8) is 0 Å². The van der Waals surface area contributed by atoms with Crippen LogP contribution in [0, 0.1) is 5.82 Å². The van der Waals surface area contributed by atoms with Gasteiger partial charge in [-0.2, -0.15) is 13.2 Å². The van der Waals surface area contributed by atoms with Gasteiger partial charge in [0.25, 0.3) is 0 Å². The molecular weight excluding hydrogens is 278 g/mol. The van der Waals surface area contributed by atoms with E-state index in [0.717, 1.165) is 18.3 Å². The van der Waals surface area contributed by atoms with Gasteiger partial charge in [-0.15, -0.1) is 0 Å². The third-order valence-electron chi connectivity index (χ3n) is 2.59. The van der Waals surface area contributed by atoms with E-state index in [9.17, 15) is 22.4 Å². The van der Waals surface area contributed by atoms with Crippen molar-refractivity contribution in [3.8, 4) is 11.1 Å². The molecule has 0 spiro atoms. The quantitative estimate of drug-likeness (QED) is 0.858. The van der Waals surface area contributed by atoms with Crippen LogP contribution in [-0.2, 0) is 6.18 Å². The molecule has 0 aliphatic rings. The fourth-order valence-corrected chi connectivity index (χ4v) is 1.62. The molecule has 104 valence electrons. The van der Waals surface area contributed by atoms with Gasteiger partial charge >= 0.3 is 12.1 Å². The monoisotopic (exact) mass is 285 g/mol. The van der Waals surface area contributed by atoms with Crippen molar-refractivity contribution in [2.24, 2.45) is 0 Å². The van der Waals surface area contributed by atoms with Crippen molar-refractivity contribution in [2.75, 3.05) is 0 Å². The van der Waals surface area contributed by atoms with Gasteiger partial charge in [0, 0.05) is 11.8 Å². The second-order valence-electron chi connectivity index (χ2n) is 3.93. The number of carboxylic acid groups (broad SMARTS) is 1. The van der Waals surface area contributed by atoms with Gasteiger partial charge in [-0.1, -0.05) is 12.1 Å². The molecule has 0 radical (unpaired) electrons. The minimum atomic E-state index is -4.76. The van der Waals surface area contributed by atoms with Crippen LogP contribution in [0.2, 0.25) is 0 Å². The molecule has 2 rings (SSSR count). The minimum Gasteiger partial charge on any atom is -0.477 e. The van der Waals surface area contributed by atoms with E-state index in [-0.39, 0.29) is 11.3 Å². The molecule has 2 aromatic rings. The Kier molecular flexibility index (Phi) is 3.44. The van der Waals surface area contributed by atoms with Gasteiger partial charge in [-0.25, -0.2) is 14.2 Å². The number of aromatic carboxylic acids is 1. The SMILES string of the molecule is O=C(O)c1ccc(-c2ccc(C(F)(F)F)c(F)c2)cn1. The number of alkyl halides is 3. The second-order valence-corrected chi connectivity index (χ2v) is 3.93. The first-order chi connectivity index (χ1) is 9.29. The third-order valence-corrected chi connectivity index (χ3v) is 2.59. The van der Waals surface area contributed by atoms with Gasteiger partial charge in [0.2, 0.25) is 0 Å². The summed E-state index contributed by atoms with van der Waals surface area (Å²) in [6.07, 6.45) is -3.60. The summed E-state index contributed by atoms with van der Waals surface area (Å²) in [5.74, 6) is -2.62. The predicted octanol–water partition coefficient (Wildman–Crippen LogP) is 3.60. The molecule has 0 aliphatic carbocycles. The molecule has 20 heavy (non-hydrogen) atoms. The molecule has 1 N–H and O–H groups in total. The number of hydrogen-bond acceptors (Lipinski definition) is 2. The van der Waals surface area contributed by atoms with Crippen molar-refractivity contribution < 1.29 is 27.5 Å². The smallest absolute Gasteiger partial charge is 0.419 e. The first-order valence-electron chi connectivity index (χ1n) is 5.35. The zero-order valence-electron chi connectivity index (χ0n) is 9.78. The van der Waals surface area contributed by atoms with Crippen molar-refractivity contribution in [1.82, 2.24) is 4.98 Å². The Balaban J connectivity index is 2.39. The van der Waals surface area contributed by atoms with Crippen LogP contribution in [0.15, 0.2) is 36.5 Å². The van der Waals surface area contributed by atoms with Crippen LogP contribution in [0.1, 0.15) is 16.1 Å². The number of pyridine rings is 1. The number of benzene rings is 1. The molecule has 0 fully saturated rings. The summed E-state index contributed by atoms with van der Waals surface area (Å²) in [4.78, 5) is 14.2. The summed E-state index contributed by atoms with van der Waals surface area (Å²) in [7, 11) is 0. The van der Waals surface area contributed by atoms with Crippen LogP contribution < -0.4 is 0 Å². The third kappa shape index (κ3) is 2.76. The van der Waals surface area contributed by atoms with Gasteiger partial charge in [-0.05, 0) is 23.8 Å². The molecule has 0 atom stereocenters. The lowest BCUT2D eigenvalue weighted by Crippen LogP contribution is -2.07. The largest absolute Gasteiger partial charge is 0.477 e. The van der Waals surface area contributed by atoms with Crippen molar-refractivity contribution >= 4 is 5.97 Å². The number of nitrogens with zero attached hydrogens (tertiary/aromatic N) is 1. The lowest BCUT2D eigenvalue weighted by atomic mass is 10.0. The molecule has 1 aromatic heterocycles. The van der Waals surface area contributed by atoms with Crippen molar-refractivity contribution in [2.45, 2.75) is 6.18 Å². The van der Waals surface area contributed by atoms with E-state index in [1.165, 1.54) is 12.1 Å². The first-order valence-corrected chi connectivity index (χ1v) is 5.35. The molecule has 0 saturated heterocycles. The zero-order valence-corrected chi connectivity index (χ0v) is 9.78. The number of aromatic nitrogens is 1. The number of halogens is 4. The van der Waals surface area contributed by atoms with Crippen LogP contribution in [0.4, 0.5) is 17.6 Å². The van der Waals surface area contributed by atoms with Crippen LogP contribution in [0.25, 0.3) is 11.1 Å². The maximum atomic E-state index is 13.4. The first kappa shape index (κ1) is 14.0. The lowest BCUT2D eigenvalue weighted by molar-refractivity contribution is -0.139. The summed E-state index contributed by atoms with van der Waals surface area (Å²) < 4.78 is 50.6. The summed E-state index contributed by atoms with van der Waals surface area (Å²) in [6.45, 7) is 0. The van der Waals surface area contributed by atoms with Gasteiger partial charge in [0.05, 0.1) is 5.56 Å². The highest BCUT2D eigenvalue weighted by molar-refractivity contribution is 5.85. The van der Waals surface area contributed by atoms with Gasteiger partial charge in [0.15, 0.2) is 0 Å². The number of hydrogen-bond donors (Lipinski definition) is 1. The average molecular weight is 285 g/mol. The molecule has 0 amide bonds. The molecular formula is C13H7F4NO2. The van der Waals surface area contributed by atoms with E-state index in [2.05, 4.69) is 4.98 Å². The fourth-order valence-electron chi connectivity index (χ4n) is 1.62. The van der Waals surface area contributed by atoms with E-state index >= 15 is 0 Å². The number of carbonyl (C=O) groups is 1. The molecule has 1 aromatic carbocycles. The topological polar surface area (TPSA) is 50.2 Å². The Morgan fingerprint density at radius 1 is 1.10 bits per heavy atom. The Morgan fingerprint density at radius 3 is 2.20 bits per heavy atom. The van der Waals surface area contributed by atoms with Gasteiger partial charge < -0.3 is 5.11 Å². The van der Waals surface area contributed by atoms with Crippen LogP contribution in [-0.4, -0.2) is 16.1 Å². The fraction of sp³-hybridized carbons (Fsp3) is 0.0769. The van der Waals surface area contributed by atoms with E-state index < -0.39 is 23.5 Å². The van der Waals surface area contributed by atoms with Crippen LogP contribution >= 0.6 is 0 Å². The molecule has 3 nitrogen and oxygen atoms in total. The highest BCUT2D eigenvalue weighted by atomic mass is 19.4. The van der Waals surface area contributed by atoms with Crippen LogP contribution in [0.5, 0.6) is 0 Å². The predicted molar refractivity (Wildman–Crippen MR) is 61.6 cm³/mol. The summed E-state index contributed by atoms with van der Waals surface area (Å²) >= 11 is 0. The Labute approximate surface area is 110 Å². The second kappa shape index (κ2) is 4.92. The number of carboxylic acids is 1. The molecule has 0 unspecified atom stereocenters. The van der Waals surface area contributed by atoms with Crippen LogP contribution in [0.3, 0.4) is 0 Å². The molecule has 0 aliphatic heterocycles.